The molecule has 3 aromatic rings. The molecule has 2 fully saturated rings. The number of carbonyl (C=O) groups excluding carboxylic acids is 1. The third-order valence-corrected chi connectivity index (χ3v) is 9.94. The Morgan fingerprint density at radius 2 is 1.78 bits per heavy atom. The standard InChI is InChI=1S/C35H42F3N5O5S/c1-19-12-28(49)27(33(45)41-19)15-40-32(44)25-13-26(23-6-7-29(39-14-23)43-16-20(2)46-21(3)17-43)31-30(22(25)4)47-34(5,48-31)24-8-10-42(11-9-24)18-35(36,37)38/h6-7,12-14,20-21,24H,8-11,15-18H2,1-5H3,(H,40,44)(H2,41,45,49). The molecule has 0 aliphatic carbocycles. The van der Waals surface area contributed by atoms with E-state index in [1.807, 2.05) is 26.0 Å². The first-order chi connectivity index (χ1) is 23.1. The zero-order chi connectivity index (χ0) is 35.2. The highest BCUT2D eigenvalue weighted by Gasteiger charge is 2.48. The maximum atomic E-state index is 13.8. The van der Waals surface area contributed by atoms with Gasteiger partial charge >= 0.3 is 6.18 Å². The van der Waals surface area contributed by atoms with Gasteiger partial charge in [-0.25, -0.2) is 4.98 Å². The molecule has 0 radical (unpaired) electrons. The molecule has 2 saturated heterocycles. The van der Waals surface area contributed by atoms with Crippen molar-refractivity contribution in [2.45, 2.75) is 83.1 Å². The van der Waals surface area contributed by atoms with Crippen LogP contribution in [-0.4, -0.2) is 77.7 Å². The highest BCUT2D eigenvalue weighted by Crippen LogP contribution is 2.52. The van der Waals surface area contributed by atoms with Gasteiger partial charge in [0, 0.05) is 77.1 Å². The number of halogens is 3. The van der Waals surface area contributed by atoms with Crippen molar-refractivity contribution in [1.29, 1.82) is 0 Å². The molecule has 1 aromatic carbocycles. The van der Waals surface area contributed by atoms with Crippen LogP contribution in [0, 0.1) is 19.8 Å². The first-order valence-electron chi connectivity index (χ1n) is 16.5. The topological polar surface area (TPSA) is 109 Å². The molecule has 14 heteroatoms. The average Bonchev–Trinajstić information content (AvgIpc) is 3.39. The first-order valence-corrected chi connectivity index (χ1v) is 17.0. The first kappa shape index (κ1) is 35.1. The second kappa shape index (κ2) is 13.5. The van der Waals surface area contributed by atoms with Crippen LogP contribution in [0.3, 0.4) is 0 Å². The summed E-state index contributed by atoms with van der Waals surface area (Å²) < 4.78 is 58.2. The number of nitrogens with one attached hydrogen (secondary N) is 2. The van der Waals surface area contributed by atoms with Crippen molar-refractivity contribution in [3.8, 4) is 22.6 Å². The number of anilines is 1. The third-order valence-electron chi connectivity index (χ3n) is 9.55. The largest absolute Gasteiger partial charge is 0.448 e. The van der Waals surface area contributed by atoms with Gasteiger partial charge in [-0.3, -0.25) is 14.5 Å². The van der Waals surface area contributed by atoms with Crippen molar-refractivity contribution in [2.24, 2.45) is 5.92 Å². The number of hydrogen-bond acceptors (Lipinski definition) is 9. The number of amides is 1. The van der Waals surface area contributed by atoms with Crippen LogP contribution >= 0.6 is 12.6 Å². The van der Waals surface area contributed by atoms with Crippen molar-refractivity contribution in [3.05, 3.63) is 63.2 Å². The zero-order valence-corrected chi connectivity index (χ0v) is 29.1. The minimum absolute atomic E-state index is 0.0443. The van der Waals surface area contributed by atoms with E-state index in [-0.39, 0.29) is 43.3 Å². The third kappa shape index (κ3) is 7.56. The Labute approximate surface area is 288 Å². The van der Waals surface area contributed by atoms with E-state index in [4.69, 9.17) is 19.2 Å². The highest BCUT2D eigenvalue weighted by molar-refractivity contribution is 7.80. The number of fused-ring (bicyclic) bond motifs is 1. The van der Waals surface area contributed by atoms with E-state index in [9.17, 15) is 22.8 Å². The van der Waals surface area contributed by atoms with Gasteiger partial charge in [-0.05, 0) is 77.9 Å². The quantitative estimate of drug-likeness (QED) is 0.272. The maximum absolute atomic E-state index is 13.8. The number of H-pyrrole nitrogens is 1. The number of hydrogen-bond donors (Lipinski definition) is 3. The van der Waals surface area contributed by atoms with Gasteiger partial charge in [0.15, 0.2) is 11.5 Å². The number of thiol groups is 1. The molecule has 6 rings (SSSR count). The van der Waals surface area contributed by atoms with Crippen molar-refractivity contribution >= 4 is 24.4 Å². The average molecular weight is 702 g/mol. The number of ether oxygens (including phenoxy) is 3. The van der Waals surface area contributed by atoms with E-state index in [0.717, 1.165) is 5.82 Å². The van der Waals surface area contributed by atoms with Crippen LogP contribution in [0.1, 0.15) is 60.8 Å². The molecule has 2 aromatic heterocycles. The smallest absolute Gasteiger partial charge is 0.401 e. The SMILES string of the molecule is Cc1cc(S)c(CNC(=O)c2cc(-c3ccc(N4CC(C)OC(C)C4)nc3)c3c(c2C)OC(C)(C2CCN(CC(F)(F)F)CC2)O3)c(=O)[nH]1. The lowest BCUT2D eigenvalue weighted by molar-refractivity contribution is -0.159. The molecule has 49 heavy (non-hydrogen) atoms. The molecule has 1 amide bonds. The Balaban J connectivity index is 1.31. The van der Waals surface area contributed by atoms with Gasteiger partial charge in [0.05, 0.1) is 18.8 Å². The van der Waals surface area contributed by atoms with E-state index in [1.54, 1.807) is 39.1 Å². The summed E-state index contributed by atoms with van der Waals surface area (Å²) >= 11 is 4.43. The van der Waals surface area contributed by atoms with Crippen molar-refractivity contribution in [2.75, 3.05) is 37.6 Å². The van der Waals surface area contributed by atoms with E-state index in [2.05, 4.69) is 27.8 Å². The summed E-state index contributed by atoms with van der Waals surface area (Å²) in [6.07, 6.45) is -1.51. The Hall–Kier alpha value is -3.75. The minimum Gasteiger partial charge on any atom is -0.448 e. The van der Waals surface area contributed by atoms with Gasteiger partial charge in [-0.1, -0.05) is 0 Å². The van der Waals surface area contributed by atoms with Crippen LogP contribution in [0.15, 0.2) is 40.2 Å². The van der Waals surface area contributed by atoms with Crippen LogP contribution in [0.2, 0.25) is 0 Å². The predicted octanol–water partition coefficient (Wildman–Crippen LogP) is 5.65. The van der Waals surface area contributed by atoms with E-state index < -0.39 is 24.4 Å². The molecule has 2 N–H and O–H groups in total. The summed E-state index contributed by atoms with van der Waals surface area (Å²) in [6, 6.07) is 7.31. The Bertz CT molecular complexity index is 1770. The van der Waals surface area contributed by atoms with Crippen LogP contribution in [-0.2, 0) is 11.3 Å². The van der Waals surface area contributed by atoms with Crippen LogP contribution in [0.5, 0.6) is 11.5 Å². The molecule has 0 bridgehead atoms. The van der Waals surface area contributed by atoms with Gasteiger partial charge in [0.2, 0.25) is 0 Å². The number of benzene rings is 1. The summed E-state index contributed by atoms with van der Waals surface area (Å²) in [6.45, 7) is 10.3. The monoisotopic (exact) mass is 701 g/mol. The maximum Gasteiger partial charge on any atom is 0.401 e. The second-order valence-electron chi connectivity index (χ2n) is 13.5. The van der Waals surface area contributed by atoms with Gasteiger partial charge < -0.3 is 29.4 Å². The fraction of sp³-hybridized carbons (Fsp3) is 0.514. The molecule has 3 aliphatic rings. The Morgan fingerprint density at radius 1 is 1.10 bits per heavy atom. The number of aryl methyl sites for hydroxylation is 1. The van der Waals surface area contributed by atoms with E-state index in [1.165, 1.54) is 4.90 Å². The van der Waals surface area contributed by atoms with Gasteiger partial charge in [0.1, 0.15) is 5.82 Å². The number of rotatable bonds is 7. The Morgan fingerprint density at radius 3 is 2.39 bits per heavy atom. The number of aromatic amines is 1. The Kier molecular flexibility index (Phi) is 9.68. The molecule has 3 atom stereocenters. The summed E-state index contributed by atoms with van der Waals surface area (Å²) in [5, 5.41) is 2.86. The minimum atomic E-state index is -4.26. The number of carbonyl (C=O) groups is 1. The molecular formula is C35H42F3N5O5S. The van der Waals surface area contributed by atoms with Crippen LogP contribution in [0.4, 0.5) is 19.0 Å². The van der Waals surface area contributed by atoms with Crippen LogP contribution in [0.25, 0.3) is 11.1 Å². The molecule has 264 valence electrons. The molecule has 3 aliphatic heterocycles. The van der Waals surface area contributed by atoms with Crippen LogP contribution < -0.4 is 25.2 Å². The van der Waals surface area contributed by atoms with Crippen molar-refractivity contribution < 1.29 is 32.2 Å². The van der Waals surface area contributed by atoms with Crippen molar-refractivity contribution in [3.63, 3.8) is 0 Å². The summed E-state index contributed by atoms with van der Waals surface area (Å²) in [5.41, 5.74) is 2.81. The lowest BCUT2D eigenvalue weighted by Gasteiger charge is -2.39. The summed E-state index contributed by atoms with van der Waals surface area (Å²) in [4.78, 5) is 37.9. The molecule has 5 heterocycles. The number of piperidine rings is 1. The second-order valence-corrected chi connectivity index (χ2v) is 14.0. The van der Waals surface area contributed by atoms with Gasteiger partial charge in [0.25, 0.3) is 17.3 Å². The normalized spacial score (nSPS) is 23.2. The fourth-order valence-electron chi connectivity index (χ4n) is 7.10. The highest BCUT2D eigenvalue weighted by atomic mass is 32.1. The number of aromatic nitrogens is 2. The van der Waals surface area contributed by atoms with Gasteiger partial charge in [-0.2, -0.15) is 13.2 Å². The zero-order valence-electron chi connectivity index (χ0n) is 28.2. The summed E-state index contributed by atoms with van der Waals surface area (Å²) in [7, 11) is 0. The number of morpholine rings is 1. The number of likely N-dealkylation sites (tertiary alicyclic amines) is 1. The molecular weight excluding hydrogens is 659 g/mol. The fourth-order valence-corrected chi connectivity index (χ4v) is 7.47. The molecule has 10 nitrogen and oxygen atoms in total. The lowest BCUT2D eigenvalue weighted by Crippen LogP contribution is -2.49. The van der Waals surface area contributed by atoms with Gasteiger partial charge in [-0.15, -0.1) is 12.6 Å². The molecule has 3 unspecified atom stereocenters. The number of pyridine rings is 2. The predicted molar refractivity (Wildman–Crippen MR) is 182 cm³/mol. The molecule has 0 spiro atoms. The van der Waals surface area contributed by atoms with E-state index >= 15 is 0 Å². The van der Waals surface area contributed by atoms with E-state index in [0.29, 0.717) is 75.8 Å². The number of nitrogens with zero attached hydrogens (tertiary/aromatic N) is 3. The lowest BCUT2D eigenvalue weighted by atomic mass is 9.89. The summed E-state index contributed by atoms with van der Waals surface area (Å²) in [5.74, 6) is -0.137. The molecule has 0 saturated carbocycles. The number of alkyl halides is 3. The van der Waals surface area contributed by atoms with Crippen molar-refractivity contribution in [1.82, 2.24) is 20.2 Å².